The second kappa shape index (κ2) is 7.26. The van der Waals surface area contributed by atoms with Crippen LogP contribution in [0.5, 0.6) is 0 Å². The van der Waals surface area contributed by atoms with Crippen molar-refractivity contribution in [1.82, 2.24) is 10.2 Å². The third-order valence-electron chi connectivity index (χ3n) is 5.38. The fraction of sp³-hybridized carbons (Fsp3) is 0.550. The summed E-state index contributed by atoms with van der Waals surface area (Å²) in [5.74, 6) is -0.696. The molecule has 1 saturated heterocycles. The topological polar surface area (TPSA) is 32.3 Å². The predicted octanol–water partition coefficient (Wildman–Crippen LogP) is 4.15. The molecular formula is C20H24F4N2O. The lowest BCUT2D eigenvalue weighted by atomic mass is 9.72. The average Bonchev–Trinajstić information content (AvgIpc) is 2.60. The van der Waals surface area contributed by atoms with Gasteiger partial charge in [-0.3, -0.25) is 4.79 Å². The Kier molecular flexibility index (Phi) is 5.34. The number of allylic oxidation sites excluding steroid dienone is 1. The Bertz CT molecular complexity index is 737. The number of nitrogens with zero attached hydrogens (tertiary/aromatic N) is 1. The van der Waals surface area contributed by atoms with Crippen LogP contribution in [0.25, 0.3) is 5.57 Å². The highest BCUT2D eigenvalue weighted by Gasteiger charge is 2.43. The van der Waals surface area contributed by atoms with E-state index in [1.165, 1.54) is 17.0 Å². The van der Waals surface area contributed by atoms with Crippen molar-refractivity contribution in [2.24, 2.45) is 5.41 Å². The lowest BCUT2D eigenvalue weighted by Crippen LogP contribution is -2.58. The highest BCUT2D eigenvalue weighted by atomic mass is 19.4. The van der Waals surface area contributed by atoms with Crippen LogP contribution in [0.3, 0.4) is 0 Å². The molecule has 1 aliphatic heterocycles. The zero-order valence-electron chi connectivity index (χ0n) is 15.5. The van der Waals surface area contributed by atoms with Crippen molar-refractivity contribution in [3.05, 3.63) is 41.2 Å². The summed E-state index contributed by atoms with van der Waals surface area (Å²) in [7, 11) is 0. The van der Waals surface area contributed by atoms with Crippen LogP contribution in [0, 0.1) is 11.2 Å². The molecule has 3 nitrogen and oxygen atoms in total. The highest BCUT2D eigenvalue weighted by molar-refractivity contribution is 6.01. The van der Waals surface area contributed by atoms with Crippen LogP contribution in [0.4, 0.5) is 17.6 Å². The average molecular weight is 384 g/mol. The second-order valence-electron chi connectivity index (χ2n) is 8.10. The van der Waals surface area contributed by atoms with Crippen LogP contribution in [-0.4, -0.2) is 42.7 Å². The first kappa shape index (κ1) is 19.9. The van der Waals surface area contributed by atoms with E-state index in [4.69, 9.17) is 0 Å². The van der Waals surface area contributed by atoms with Crippen molar-refractivity contribution >= 4 is 11.5 Å². The Hall–Kier alpha value is -1.89. The minimum Gasteiger partial charge on any atom is -0.336 e. The molecule has 0 bridgehead atoms. The van der Waals surface area contributed by atoms with E-state index in [0.29, 0.717) is 18.4 Å². The van der Waals surface area contributed by atoms with Crippen molar-refractivity contribution < 1.29 is 22.4 Å². The Balaban J connectivity index is 1.92. The van der Waals surface area contributed by atoms with Gasteiger partial charge < -0.3 is 10.2 Å². The van der Waals surface area contributed by atoms with Gasteiger partial charge in [0.2, 0.25) is 5.91 Å². The smallest absolute Gasteiger partial charge is 0.336 e. The lowest BCUT2D eigenvalue weighted by Gasteiger charge is -2.38. The van der Waals surface area contributed by atoms with E-state index in [0.717, 1.165) is 17.6 Å². The quantitative estimate of drug-likeness (QED) is 0.777. The molecular weight excluding hydrogens is 360 g/mol. The maximum atomic E-state index is 13.3. The number of carbonyl (C=O) groups excluding carboxylic acids is 1. The summed E-state index contributed by atoms with van der Waals surface area (Å²) < 4.78 is 52.5. The van der Waals surface area contributed by atoms with Gasteiger partial charge in [0, 0.05) is 25.2 Å². The van der Waals surface area contributed by atoms with Gasteiger partial charge in [-0.15, -0.1) is 0 Å². The van der Waals surface area contributed by atoms with Crippen LogP contribution in [0.15, 0.2) is 29.8 Å². The molecule has 1 aliphatic carbocycles. The fourth-order valence-corrected chi connectivity index (χ4v) is 3.80. The molecule has 3 rings (SSSR count). The molecule has 27 heavy (non-hydrogen) atoms. The van der Waals surface area contributed by atoms with Crippen molar-refractivity contribution in [3.8, 4) is 0 Å². The van der Waals surface area contributed by atoms with Crippen molar-refractivity contribution in [1.29, 1.82) is 0 Å². The largest absolute Gasteiger partial charge is 0.405 e. The monoisotopic (exact) mass is 384 g/mol. The van der Waals surface area contributed by atoms with Crippen molar-refractivity contribution in [2.75, 3.05) is 19.6 Å². The normalized spacial score (nSPS) is 23.5. The third-order valence-corrected chi connectivity index (χ3v) is 5.38. The molecule has 0 aromatic heterocycles. The Morgan fingerprint density at radius 2 is 1.89 bits per heavy atom. The van der Waals surface area contributed by atoms with Gasteiger partial charge >= 0.3 is 6.18 Å². The number of benzene rings is 1. The lowest BCUT2D eigenvalue weighted by molar-refractivity contribution is -0.167. The zero-order chi connectivity index (χ0) is 19.8. The molecule has 2 aliphatic rings. The Morgan fingerprint density at radius 3 is 2.52 bits per heavy atom. The summed E-state index contributed by atoms with van der Waals surface area (Å²) in [6, 6.07) is 4.25. The molecule has 1 N–H and O–H groups in total. The van der Waals surface area contributed by atoms with E-state index in [1.807, 2.05) is 0 Å². The van der Waals surface area contributed by atoms with E-state index in [9.17, 15) is 22.4 Å². The minimum absolute atomic E-state index is 0.0224. The Morgan fingerprint density at radius 1 is 1.22 bits per heavy atom. The number of piperazine rings is 1. The number of alkyl halides is 3. The zero-order valence-corrected chi connectivity index (χ0v) is 15.5. The van der Waals surface area contributed by atoms with E-state index < -0.39 is 12.2 Å². The molecule has 0 radical (unpaired) electrons. The van der Waals surface area contributed by atoms with Gasteiger partial charge in [0.1, 0.15) is 11.9 Å². The van der Waals surface area contributed by atoms with E-state index >= 15 is 0 Å². The Labute approximate surface area is 156 Å². The van der Waals surface area contributed by atoms with Crippen LogP contribution in [0.2, 0.25) is 0 Å². The number of hydrogen-bond acceptors (Lipinski definition) is 2. The number of nitrogens with one attached hydrogen (secondary N) is 1. The van der Waals surface area contributed by atoms with Gasteiger partial charge in [-0.1, -0.05) is 26.0 Å². The van der Waals surface area contributed by atoms with Crippen molar-refractivity contribution in [3.63, 3.8) is 0 Å². The van der Waals surface area contributed by atoms with Gasteiger partial charge in [0.05, 0.1) is 0 Å². The van der Waals surface area contributed by atoms with Crippen LogP contribution in [-0.2, 0) is 4.79 Å². The van der Waals surface area contributed by atoms with Gasteiger partial charge in [-0.05, 0) is 47.9 Å². The van der Waals surface area contributed by atoms with E-state index in [1.54, 1.807) is 12.1 Å². The third kappa shape index (κ3) is 4.51. The maximum absolute atomic E-state index is 13.3. The molecule has 1 aromatic carbocycles. The molecule has 1 aromatic rings. The number of carbonyl (C=O) groups is 1. The first-order valence-electron chi connectivity index (χ1n) is 9.14. The number of rotatable bonds is 2. The fourth-order valence-electron chi connectivity index (χ4n) is 3.80. The van der Waals surface area contributed by atoms with Gasteiger partial charge in [0.15, 0.2) is 0 Å². The molecule has 7 heteroatoms. The molecule has 0 saturated carbocycles. The molecule has 1 atom stereocenters. The first-order chi connectivity index (χ1) is 12.6. The highest BCUT2D eigenvalue weighted by Crippen LogP contribution is 2.43. The number of hydrogen-bond donors (Lipinski definition) is 1. The summed E-state index contributed by atoms with van der Waals surface area (Å²) in [5.41, 5.74) is 2.11. The molecule has 148 valence electrons. The molecule has 1 amide bonds. The van der Waals surface area contributed by atoms with E-state index in [-0.39, 0.29) is 36.8 Å². The predicted molar refractivity (Wildman–Crippen MR) is 95.4 cm³/mol. The standard InChI is InChI=1S/C20H24F4N2O/c1-19(2)8-7-15(16(11-19)13-3-5-14(21)6-4-13)18(27)26-10-9-25-17(12-26)20(22,23)24/h3-6,17,25H,7-12H2,1-2H3. The van der Waals surface area contributed by atoms with Crippen molar-refractivity contribution in [2.45, 2.75) is 45.3 Å². The molecule has 1 unspecified atom stereocenters. The summed E-state index contributed by atoms with van der Waals surface area (Å²) in [5, 5.41) is 2.43. The maximum Gasteiger partial charge on any atom is 0.405 e. The second-order valence-corrected chi connectivity index (χ2v) is 8.10. The van der Waals surface area contributed by atoms with Gasteiger partial charge in [0.25, 0.3) is 0 Å². The summed E-state index contributed by atoms with van der Waals surface area (Å²) in [6.45, 7) is 4.17. The van der Waals surface area contributed by atoms with E-state index in [2.05, 4.69) is 19.2 Å². The summed E-state index contributed by atoms with van der Waals surface area (Å²) >= 11 is 0. The number of amides is 1. The van der Waals surface area contributed by atoms with Crippen LogP contribution >= 0.6 is 0 Å². The minimum atomic E-state index is -4.39. The first-order valence-corrected chi connectivity index (χ1v) is 9.14. The number of halogens is 4. The van der Waals surface area contributed by atoms with Gasteiger partial charge in [-0.25, -0.2) is 4.39 Å². The van der Waals surface area contributed by atoms with Gasteiger partial charge in [-0.2, -0.15) is 13.2 Å². The summed E-state index contributed by atoms with van der Waals surface area (Å²) in [4.78, 5) is 14.4. The van der Waals surface area contributed by atoms with Crippen LogP contribution < -0.4 is 5.32 Å². The molecule has 0 spiro atoms. The van der Waals surface area contributed by atoms with Crippen LogP contribution in [0.1, 0.15) is 38.7 Å². The molecule has 1 fully saturated rings. The molecule has 1 heterocycles. The SMILES string of the molecule is CC1(C)CCC(C(=O)N2CCNC(C(F)(F)F)C2)=C(c2ccc(F)cc2)C1. The summed E-state index contributed by atoms with van der Waals surface area (Å²) in [6.07, 6.45) is -2.46.